The largest absolute Gasteiger partial charge is 0.362 e. The molecule has 0 aromatic carbocycles. The number of carbonyl (C=O) groups excluding carboxylic acids is 2. The molecule has 80 valence electrons. The highest BCUT2D eigenvalue weighted by atomic mass is 16.5. The number of morpholine rings is 1. The smallest absolute Gasteiger partial charge is 0.255 e. The van der Waals surface area contributed by atoms with Gasteiger partial charge in [-0.05, 0) is 13.3 Å². The van der Waals surface area contributed by atoms with E-state index in [9.17, 15) is 9.59 Å². The maximum atomic E-state index is 11.5. The number of rotatable bonds is 3. The molecule has 5 nitrogen and oxygen atoms in total. The van der Waals surface area contributed by atoms with Gasteiger partial charge in [-0.3, -0.25) is 14.5 Å². The van der Waals surface area contributed by atoms with Gasteiger partial charge in [0.2, 0.25) is 0 Å². The predicted octanol–water partition coefficient (Wildman–Crippen LogP) is -0.501. The third-order valence-electron chi connectivity index (χ3n) is 2.69. The van der Waals surface area contributed by atoms with Gasteiger partial charge in [-0.1, -0.05) is 6.92 Å². The summed E-state index contributed by atoms with van der Waals surface area (Å²) in [6.07, 6.45) is 0.654. The van der Waals surface area contributed by atoms with E-state index >= 15 is 0 Å². The molecule has 1 heterocycles. The first kappa shape index (κ1) is 11.1. The van der Waals surface area contributed by atoms with Gasteiger partial charge in [0.1, 0.15) is 13.2 Å². The van der Waals surface area contributed by atoms with Crippen LogP contribution >= 0.6 is 0 Å². The van der Waals surface area contributed by atoms with Gasteiger partial charge >= 0.3 is 0 Å². The highest BCUT2D eigenvalue weighted by Gasteiger charge is 2.39. The van der Waals surface area contributed by atoms with Crippen LogP contribution in [0, 0.1) is 0 Å². The number of hydrogen-bond donors (Lipinski definition) is 1. The summed E-state index contributed by atoms with van der Waals surface area (Å²) in [6.45, 7) is 3.95. The van der Waals surface area contributed by atoms with Gasteiger partial charge in [-0.2, -0.15) is 0 Å². The molecule has 1 aliphatic heterocycles. The van der Waals surface area contributed by atoms with E-state index in [2.05, 4.69) is 0 Å². The summed E-state index contributed by atoms with van der Waals surface area (Å²) in [5, 5.41) is 0. The van der Waals surface area contributed by atoms with E-state index in [4.69, 9.17) is 10.5 Å². The molecule has 2 amide bonds. The van der Waals surface area contributed by atoms with Gasteiger partial charge in [0.05, 0.1) is 5.54 Å². The van der Waals surface area contributed by atoms with Crippen LogP contribution in [0.4, 0.5) is 0 Å². The molecule has 0 radical (unpaired) electrons. The molecule has 0 aromatic rings. The molecule has 0 saturated carbocycles. The van der Waals surface area contributed by atoms with Gasteiger partial charge in [-0.15, -0.1) is 0 Å². The molecule has 5 heteroatoms. The van der Waals surface area contributed by atoms with Crippen LogP contribution in [0.5, 0.6) is 0 Å². The molecule has 0 aromatic heterocycles. The normalized spacial score (nSPS) is 22.4. The monoisotopic (exact) mass is 200 g/mol. The Balaban J connectivity index is 2.91. The van der Waals surface area contributed by atoms with Gasteiger partial charge in [0.25, 0.3) is 11.8 Å². The van der Waals surface area contributed by atoms with E-state index < -0.39 is 5.54 Å². The third-order valence-corrected chi connectivity index (χ3v) is 2.69. The Morgan fingerprint density at radius 3 is 2.29 bits per heavy atom. The average Bonchev–Trinajstić information content (AvgIpc) is 2.17. The number of imide groups is 1. The van der Waals surface area contributed by atoms with Crippen LogP contribution in [0.15, 0.2) is 0 Å². The van der Waals surface area contributed by atoms with Crippen molar-refractivity contribution in [1.82, 2.24) is 4.90 Å². The zero-order valence-electron chi connectivity index (χ0n) is 8.58. The lowest BCUT2D eigenvalue weighted by Gasteiger charge is -2.40. The first-order valence-electron chi connectivity index (χ1n) is 4.69. The number of amides is 2. The topological polar surface area (TPSA) is 72.6 Å². The Kier molecular flexibility index (Phi) is 3.23. The molecule has 1 fully saturated rings. The molecule has 1 unspecified atom stereocenters. The Morgan fingerprint density at radius 1 is 1.43 bits per heavy atom. The highest BCUT2D eigenvalue weighted by molar-refractivity contribution is 5.99. The van der Waals surface area contributed by atoms with E-state index in [0.717, 1.165) is 0 Å². The minimum Gasteiger partial charge on any atom is -0.362 e. The van der Waals surface area contributed by atoms with Gasteiger partial charge < -0.3 is 10.5 Å². The van der Waals surface area contributed by atoms with E-state index in [1.807, 2.05) is 13.8 Å². The van der Waals surface area contributed by atoms with Crippen LogP contribution in [-0.4, -0.2) is 42.0 Å². The van der Waals surface area contributed by atoms with E-state index in [0.29, 0.717) is 6.42 Å². The molecule has 1 atom stereocenters. The minimum absolute atomic E-state index is 0.0265. The van der Waals surface area contributed by atoms with Crippen LogP contribution < -0.4 is 5.73 Å². The standard InChI is InChI=1S/C9H16N2O3/c1-3-9(2,6-10)11-7(12)4-14-5-8(11)13/h3-6,10H2,1-2H3. The average molecular weight is 200 g/mol. The Bertz CT molecular complexity index is 232. The molecular weight excluding hydrogens is 184 g/mol. The van der Waals surface area contributed by atoms with Crippen LogP contribution in [0.25, 0.3) is 0 Å². The second-order valence-corrected chi connectivity index (χ2v) is 3.67. The number of nitrogens with two attached hydrogens (primary N) is 1. The van der Waals surface area contributed by atoms with Crippen molar-refractivity contribution in [3.8, 4) is 0 Å². The van der Waals surface area contributed by atoms with Crippen molar-refractivity contribution >= 4 is 11.8 Å². The molecule has 2 N–H and O–H groups in total. The van der Waals surface area contributed by atoms with Gasteiger partial charge in [0, 0.05) is 6.54 Å². The Labute approximate surface area is 83.2 Å². The first-order valence-corrected chi connectivity index (χ1v) is 4.69. The number of hydrogen-bond acceptors (Lipinski definition) is 4. The number of nitrogens with zero attached hydrogens (tertiary/aromatic N) is 1. The maximum absolute atomic E-state index is 11.5. The second kappa shape index (κ2) is 4.06. The van der Waals surface area contributed by atoms with Gasteiger partial charge in [-0.25, -0.2) is 0 Å². The van der Waals surface area contributed by atoms with E-state index in [1.165, 1.54) is 4.90 Å². The lowest BCUT2D eigenvalue weighted by molar-refractivity contribution is -0.165. The molecule has 0 bridgehead atoms. The number of ether oxygens (including phenoxy) is 1. The molecule has 1 saturated heterocycles. The zero-order chi connectivity index (χ0) is 10.8. The SMILES string of the molecule is CCC(C)(CN)N1C(=O)COCC1=O. The van der Waals surface area contributed by atoms with Crippen LogP contribution in [0.1, 0.15) is 20.3 Å². The summed E-state index contributed by atoms with van der Waals surface area (Å²) in [5.74, 6) is -0.591. The summed E-state index contributed by atoms with van der Waals surface area (Å²) in [7, 11) is 0. The molecular formula is C9H16N2O3. The Morgan fingerprint density at radius 2 is 1.93 bits per heavy atom. The minimum atomic E-state index is -0.571. The van der Waals surface area contributed by atoms with Crippen molar-refractivity contribution in [1.29, 1.82) is 0 Å². The molecule has 1 aliphatic rings. The van der Waals surface area contributed by atoms with Crippen molar-refractivity contribution in [2.45, 2.75) is 25.8 Å². The van der Waals surface area contributed by atoms with E-state index in [1.54, 1.807) is 0 Å². The third kappa shape index (κ3) is 1.78. The highest BCUT2D eigenvalue weighted by Crippen LogP contribution is 2.20. The predicted molar refractivity (Wildman–Crippen MR) is 50.4 cm³/mol. The fourth-order valence-corrected chi connectivity index (χ4v) is 1.49. The summed E-state index contributed by atoms with van der Waals surface area (Å²) in [5.41, 5.74) is 5.01. The van der Waals surface area contributed by atoms with Crippen molar-refractivity contribution < 1.29 is 14.3 Å². The van der Waals surface area contributed by atoms with Crippen molar-refractivity contribution in [3.63, 3.8) is 0 Å². The van der Waals surface area contributed by atoms with Gasteiger partial charge in [0.15, 0.2) is 0 Å². The fourth-order valence-electron chi connectivity index (χ4n) is 1.49. The van der Waals surface area contributed by atoms with Crippen LogP contribution in [-0.2, 0) is 14.3 Å². The molecule has 0 aliphatic carbocycles. The number of carbonyl (C=O) groups is 2. The fraction of sp³-hybridized carbons (Fsp3) is 0.778. The summed E-state index contributed by atoms with van der Waals surface area (Å²) >= 11 is 0. The second-order valence-electron chi connectivity index (χ2n) is 3.67. The van der Waals surface area contributed by atoms with Crippen molar-refractivity contribution in [2.75, 3.05) is 19.8 Å². The molecule has 1 rings (SSSR count). The molecule has 0 spiro atoms. The molecule has 14 heavy (non-hydrogen) atoms. The van der Waals surface area contributed by atoms with Crippen LogP contribution in [0.3, 0.4) is 0 Å². The summed E-state index contributed by atoms with van der Waals surface area (Å²) in [4.78, 5) is 24.2. The van der Waals surface area contributed by atoms with Crippen molar-refractivity contribution in [2.24, 2.45) is 5.73 Å². The van der Waals surface area contributed by atoms with E-state index in [-0.39, 0.29) is 31.6 Å². The lowest BCUT2D eigenvalue weighted by Crippen LogP contribution is -2.60. The first-order chi connectivity index (χ1) is 6.55. The zero-order valence-corrected chi connectivity index (χ0v) is 8.58. The summed E-state index contributed by atoms with van der Waals surface area (Å²) < 4.78 is 4.83. The van der Waals surface area contributed by atoms with Crippen molar-refractivity contribution in [3.05, 3.63) is 0 Å². The maximum Gasteiger partial charge on any atom is 0.255 e. The quantitative estimate of drug-likeness (QED) is 0.623. The Hall–Kier alpha value is -0.940. The van der Waals surface area contributed by atoms with Crippen LogP contribution in [0.2, 0.25) is 0 Å². The lowest BCUT2D eigenvalue weighted by atomic mass is 9.96. The summed E-state index contributed by atoms with van der Waals surface area (Å²) in [6, 6.07) is 0.